The van der Waals surface area contributed by atoms with E-state index in [1.807, 2.05) is 32.9 Å². The van der Waals surface area contributed by atoms with E-state index in [0.29, 0.717) is 0 Å². The topological polar surface area (TPSA) is 37.4 Å². The lowest BCUT2D eigenvalue weighted by atomic mass is 9.85. The molecule has 0 spiro atoms. The first-order chi connectivity index (χ1) is 11.3. The number of imide groups is 1. The first-order valence-corrected chi connectivity index (χ1v) is 8.64. The molecule has 3 heteroatoms. The number of hydrogen-bond acceptors (Lipinski definition) is 2. The maximum atomic E-state index is 13.2. The number of amides is 2. The molecule has 1 aromatic carbocycles. The summed E-state index contributed by atoms with van der Waals surface area (Å²) in [7, 11) is 0. The van der Waals surface area contributed by atoms with Crippen LogP contribution in [0.4, 0.5) is 5.69 Å². The number of aryl methyl sites for hydroxylation is 3. The van der Waals surface area contributed by atoms with Crippen LogP contribution in [0, 0.1) is 44.4 Å². The van der Waals surface area contributed by atoms with Crippen molar-refractivity contribution < 1.29 is 9.59 Å². The second-order valence-corrected chi connectivity index (χ2v) is 7.70. The van der Waals surface area contributed by atoms with Gasteiger partial charge in [-0.05, 0) is 45.7 Å². The number of carbonyl (C=O) groups excluding carboxylic acids is 2. The first kappa shape index (κ1) is 15.4. The Kier molecular flexibility index (Phi) is 3.15. The van der Waals surface area contributed by atoms with Crippen molar-refractivity contribution in [3.05, 3.63) is 52.1 Å². The van der Waals surface area contributed by atoms with Crippen molar-refractivity contribution in [3.8, 4) is 0 Å². The van der Waals surface area contributed by atoms with Crippen LogP contribution in [0.15, 0.2) is 35.4 Å². The van der Waals surface area contributed by atoms with Crippen LogP contribution in [-0.4, -0.2) is 11.8 Å². The minimum Gasteiger partial charge on any atom is -0.274 e. The van der Waals surface area contributed by atoms with Gasteiger partial charge in [-0.25, -0.2) is 4.90 Å². The van der Waals surface area contributed by atoms with Gasteiger partial charge in [-0.15, -0.1) is 0 Å². The molecule has 2 bridgehead atoms. The maximum Gasteiger partial charge on any atom is 0.238 e. The fourth-order valence-corrected chi connectivity index (χ4v) is 5.18. The average Bonchev–Trinajstić information content (AvgIpc) is 3.11. The second kappa shape index (κ2) is 4.92. The third kappa shape index (κ3) is 1.78. The number of carbonyl (C=O) groups is 2. The molecule has 4 atom stereocenters. The van der Waals surface area contributed by atoms with Gasteiger partial charge in [-0.1, -0.05) is 41.0 Å². The molecule has 2 fully saturated rings. The van der Waals surface area contributed by atoms with Gasteiger partial charge < -0.3 is 0 Å². The Morgan fingerprint density at radius 2 is 1.33 bits per heavy atom. The summed E-state index contributed by atoms with van der Waals surface area (Å²) in [5.74, 6) is -0.240. The summed E-state index contributed by atoms with van der Waals surface area (Å²) in [4.78, 5) is 27.9. The lowest BCUT2D eigenvalue weighted by Gasteiger charge is -2.23. The van der Waals surface area contributed by atoms with Gasteiger partial charge in [0, 0.05) is 11.8 Å². The molecule has 3 aliphatic rings. The zero-order chi connectivity index (χ0) is 17.3. The highest BCUT2D eigenvalue weighted by Gasteiger charge is 2.62. The third-order valence-corrected chi connectivity index (χ3v) is 5.85. The Balaban J connectivity index is 1.82. The highest BCUT2D eigenvalue weighted by molar-refractivity contribution is 6.24. The molecule has 1 heterocycles. The number of rotatable bonds is 1. The van der Waals surface area contributed by atoms with Gasteiger partial charge in [0.2, 0.25) is 11.8 Å². The Hall–Kier alpha value is -2.16. The summed E-state index contributed by atoms with van der Waals surface area (Å²) < 4.78 is 0. The van der Waals surface area contributed by atoms with E-state index in [4.69, 9.17) is 0 Å². The van der Waals surface area contributed by atoms with Crippen LogP contribution < -0.4 is 4.90 Å². The van der Waals surface area contributed by atoms with Crippen LogP contribution in [0.1, 0.15) is 30.5 Å². The summed E-state index contributed by atoms with van der Waals surface area (Å²) in [6.45, 7) is 10.2. The maximum absolute atomic E-state index is 13.2. The van der Waals surface area contributed by atoms with E-state index in [-0.39, 0.29) is 35.5 Å². The van der Waals surface area contributed by atoms with E-state index < -0.39 is 0 Å². The molecule has 24 heavy (non-hydrogen) atoms. The molecule has 124 valence electrons. The normalized spacial score (nSPS) is 30.5. The molecular weight excluding hydrogens is 298 g/mol. The van der Waals surface area contributed by atoms with E-state index in [9.17, 15) is 9.59 Å². The van der Waals surface area contributed by atoms with Crippen molar-refractivity contribution in [1.29, 1.82) is 0 Å². The molecule has 4 rings (SSSR count). The lowest BCUT2D eigenvalue weighted by molar-refractivity contribution is -0.123. The minimum atomic E-state index is -0.211. The number of fused-ring (bicyclic) bond motifs is 5. The molecule has 0 radical (unpaired) electrons. The molecule has 1 aromatic rings. The Morgan fingerprint density at radius 3 is 1.75 bits per heavy atom. The minimum absolute atomic E-state index is 0.0179. The van der Waals surface area contributed by atoms with Crippen LogP contribution in [-0.2, 0) is 9.59 Å². The average molecular weight is 321 g/mol. The van der Waals surface area contributed by atoms with Gasteiger partial charge in [0.05, 0.1) is 17.5 Å². The van der Waals surface area contributed by atoms with Gasteiger partial charge in [0.1, 0.15) is 0 Å². The number of anilines is 1. The molecule has 2 aliphatic carbocycles. The van der Waals surface area contributed by atoms with Gasteiger partial charge in [0.15, 0.2) is 0 Å². The van der Waals surface area contributed by atoms with Crippen molar-refractivity contribution >= 4 is 17.5 Å². The largest absolute Gasteiger partial charge is 0.274 e. The summed E-state index contributed by atoms with van der Waals surface area (Å²) in [5, 5.41) is 0. The van der Waals surface area contributed by atoms with E-state index in [1.54, 1.807) is 0 Å². The predicted molar refractivity (Wildman–Crippen MR) is 94.6 cm³/mol. The summed E-state index contributed by atoms with van der Waals surface area (Å²) >= 11 is 0. The third-order valence-electron chi connectivity index (χ3n) is 5.85. The fourth-order valence-electron chi connectivity index (χ4n) is 5.18. The van der Waals surface area contributed by atoms with Gasteiger partial charge in [-0.3, -0.25) is 9.59 Å². The number of nitrogens with zero attached hydrogens (tertiary/aromatic N) is 1. The quantitative estimate of drug-likeness (QED) is 0.581. The van der Waals surface area contributed by atoms with Crippen LogP contribution in [0.25, 0.3) is 0 Å². The summed E-state index contributed by atoms with van der Waals surface area (Å²) in [6.07, 6.45) is 4.27. The highest BCUT2D eigenvalue weighted by atomic mass is 16.2. The van der Waals surface area contributed by atoms with E-state index >= 15 is 0 Å². The molecule has 0 aromatic heterocycles. The van der Waals surface area contributed by atoms with Crippen LogP contribution in [0.2, 0.25) is 0 Å². The van der Waals surface area contributed by atoms with E-state index in [2.05, 4.69) is 26.0 Å². The van der Waals surface area contributed by atoms with Crippen molar-refractivity contribution in [2.75, 3.05) is 4.90 Å². The van der Waals surface area contributed by atoms with E-state index in [0.717, 1.165) is 22.4 Å². The van der Waals surface area contributed by atoms with Crippen LogP contribution in [0.5, 0.6) is 0 Å². The zero-order valence-electron chi connectivity index (χ0n) is 14.9. The highest BCUT2D eigenvalue weighted by Crippen LogP contribution is 2.57. The standard InChI is InChI=1S/C21H23NO2/c1-10(2)16-14-6-7-15(16)18-17(14)20(23)22(21(18)24)19-12(4)8-11(3)9-13(19)5/h6-9,14-15,17-18H,1-5H3/t14?,15?,17-,18?/m0/s1. The first-order valence-electron chi connectivity index (χ1n) is 8.64. The molecule has 1 saturated heterocycles. The van der Waals surface area contributed by atoms with E-state index in [1.165, 1.54) is 16.0 Å². The van der Waals surface area contributed by atoms with Crippen molar-refractivity contribution in [2.45, 2.75) is 34.6 Å². The molecule has 0 N–H and O–H groups in total. The van der Waals surface area contributed by atoms with Gasteiger partial charge in [0.25, 0.3) is 0 Å². The molecular formula is C21H23NO2. The molecule has 2 amide bonds. The zero-order valence-corrected chi connectivity index (χ0v) is 14.9. The second-order valence-electron chi connectivity index (χ2n) is 7.70. The van der Waals surface area contributed by atoms with Crippen molar-refractivity contribution in [2.24, 2.45) is 23.7 Å². The SMILES string of the molecule is CC(C)=C1C2C=CC1[C@@H]1C(=O)N(c3c(C)cc(C)cc3C)C(=O)C21. The monoisotopic (exact) mass is 321 g/mol. The number of allylic oxidation sites excluding steroid dienone is 4. The summed E-state index contributed by atoms with van der Waals surface area (Å²) in [6, 6.07) is 4.09. The van der Waals surface area contributed by atoms with Crippen LogP contribution >= 0.6 is 0 Å². The number of benzene rings is 1. The Labute approximate surface area is 143 Å². The lowest BCUT2D eigenvalue weighted by Crippen LogP contribution is -2.34. The van der Waals surface area contributed by atoms with Gasteiger partial charge >= 0.3 is 0 Å². The number of hydrogen-bond donors (Lipinski definition) is 0. The summed E-state index contributed by atoms with van der Waals surface area (Å²) in [5.41, 5.74) is 6.49. The van der Waals surface area contributed by atoms with Crippen LogP contribution in [0.3, 0.4) is 0 Å². The molecule has 1 saturated carbocycles. The Morgan fingerprint density at radius 1 is 0.875 bits per heavy atom. The molecule has 3 nitrogen and oxygen atoms in total. The molecule has 3 unspecified atom stereocenters. The fraction of sp³-hybridized carbons (Fsp3) is 0.429. The van der Waals surface area contributed by atoms with Crippen molar-refractivity contribution in [1.82, 2.24) is 0 Å². The van der Waals surface area contributed by atoms with Gasteiger partial charge in [-0.2, -0.15) is 0 Å². The van der Waals surface area contributed by atoms with Crippen molar-refractivity contribution in [3.63, 3.8) is 0 Å². The predicted octanol–water partition coefficient (Wildman–Crippen LogP) is 3.87. The smallest absolute Gasteiger partial charge is 0.238 e. The Bertz CT molecular complexity index is 784. The molecule has 1 aliphatic heterocycles.